The zero-order valence-corrected chi connectivity index (χ0v) is 11.6. The van der Waals surface area contributed by atoms with Crippen LogP contribution in [0.4, 0.5) is 0 Å². The summed E-state index contributed by atoms with van der Waals surface area (Å²) in [7, 11) is -4.12. The molecule has 0 atom stereocenters. The topological polar surface area (TPSA) is 80.4 Å². The van der Waals surface area contributed by atoms with Gasteiger partial charge in [-0.3, -0.25) is 4.55 Å². The van der Waals surface area contributed by atoms with Crippen LogP contribution in [-0.2, 0) is 15.9 Å². The van der Waals surface area contributed by atoms with E-state index < -0.39 is 15.9 Å². The second kappa shape index (κ2) is 4.10. The fraction of sp³-hybridized carbons (Fsp3) is 0.125. The van der Waals surface area contributed by atoms with Crippen LogP contribution >= 0.6 is 31.9 Å². The van der Waals surface area contributed by atoms with Gasteiger partial charge in [-0.25, -0.2) is 0 Å². The van der Waals surface area contributed by atoms with Crippen molar-refractivity contribution in [2.75, 3.05) is 0 Å². The lowest BCUT2D eigenvalue weighted by Crippen LogP contribution is -2.01. The zero-order chi connectivity index (χ0) is 11.9. The molecule has 86 valence electrons. The lowest BCUT2D eigenvalue weighted by atomic mass is 10.2. The monoisotopic (exact) mass is 369 g/mol. The van der Waals surface area contributed by atoms with Gasteiger partial charge in [-0.05, 0) is 28.1 Å². The van der Waals surface area contributed by atoms with E-state index >= 15 is 0 Å². The SMILES string of the molecule is O=S(=O)(O)Cc1noc2c(Br)cc(Br)cc12. The molecule has 0 aliphatic rings. The summed E-state index contributed by atoms with van der Waals surface area (Å²) in [6.45, 7) is 0. The molecule has 0 saturated heterocycles. The highest BCUT2D eigenvalue weighted by atomic mass is 79.9. The Balaban J connectivity index is 2.65. The first-order valence-corrected chi connectivity index (χ1v) is 7.25. The largest absolute Gasteiger partial charge is 0.355 e. The third-order valence-electron chi connectivity index (χ3n) is 1.89. The number of nitrogens with zero attached hydrogens (tertiary/aromatic N) is 1. The standard InChI is InChI=1S/C8H5Br2NO4S/c9-4-1-5-7(3-16(12,13)14)11-15-8(5)6(10)2-4/h1-2H,3H2,(H,12,13,14). The molecule has 0 radical (unpaired) electrons. The van der Waals surface area contributed by atoms with Crippen LogP contribution in [0.5, 0.6) is 0 Å². The van der Waals surface area contributed by atoms with Gasteiger partial charge in [-0.1, -0.05) is 21.1 Å². The summed E-state index contributed by atoms with van der Waals surface area (Å²) >= 11 is 6.54. The van der Waals surface area contributed by atoms with Crippen molar-refractivity contribution in [3.05, 3.63) is 26.8 Å². The Hall–Kier alpha value is -0.440. The molecule has 1 N–H and O–H groups in total. The summed E-state index contributed by atoms with van der Waals surface area (Å²) in [4.78, 5) is 0. The van der Waals surface area contributed by atoms with E-state index in [-0.39, 0.29) is 5.69 Å². The van der Waals surface area contributed by atoms with E-state index in [0.717, 1.165) is 4.47 Å². The van der Waals surface area contributed by atoms with Gasteiger partial charge in [0.2, 0.25) is 0 Å². The van der Waals surface area contributed by atoms with Crippen LogP contribution in [0.15, 0.2) is 25.6 Å². The molecule has 0 bridgehead atoms. The van der Waals surface area contributed by atoms with Gasteiger partial charge in [-0.2, -0.15) is 8.42 Å². The Morgan fingerprint density at radius 3 is 2.69 bits per heavy atom. The van der Waals surface area contributed by atoms with E-state index in [0.29, 0.717) is 15.4 Å². The third kappa shape index (κ3) is 2.45. The van der Waals surface area contributed by atoms with E-state index in [9.17, 15) is 8.42 Å². The Morgan fingerprint density at radius 1 is 1.38 bits per heavy atom. The Bertz CT molecular complexity index is 649. The average molecular weight is 371 g/mol. The lowest BCUT2D eigenvalue weighted by molar-refractivity contribution is 0.442. The van der Waals surface area contributed by atoms with E-state index in [2.05, 4.69) is 37.0 Å². The van der Waals surface area contributed by atoms with Crippen LogP contribution in [0.1, 0.15) is 5.69 Å². The first kappa shape index (κ1) is 12.0. The molecule has 0 spiro atoms. The minimum atomic E-state index is -4.12. The van der Waals surface area contributed by atoms with E-state index in [1.165, 1.54) is 0 Å². The normalized spacial score (nSPS) is 12.2. The minimum Gasteiger partial charge on any atom is -0.355 e. The second-order valence-electron chi connectivity index (χ2n) is 3.12. The van der Waals surface area contributed by atoms with E-state index in [1.54, 1.807) is 12.1 Å². The summed E-state index contributed by atoms with van der Waals surface area (Å²) in [6, 6.07) is 3.43. The first-order valence-electron chi connectivity index (χ1n) is 4.05. The van der Waals surface area contributed by atoms with Gasteiger partial charge < -0.3 is 4.52 Å². The Kier molecular flexibility index (Phi) is 3.08. The van der Waals surface area contributed by atoms with Gasteiger partial charge in [0.25, 0.3) is 10.1 Å². The molecule has 1 aromatic heterocycles. The summed E-state index contributed by atoms with van der Waals surface area (Å²) in [5.74, 6) is -0.567. The predicted octanol–water partition coefficient (Wildman–Crippen LogP) is 2.74. The van der Waals surface area contributed by atoms with Crippen molar-refractivity contribution in [2.24, 2.45) is 0 Å². The van der Waals surface area contributed by atoms with Crippen molar-refractivity contribution >= 4 is 52.9 Å². The quantitative estimate of drug-likeness (QED) is 0.822. The van der Waals surface area contributed by atoms with Crippen LogP contribution in [0.2, 0.25) is 0 Å². The molecule has 0 unspecified atom stereocenters. The highest BCUT2D eigenvalue weighted by Crippen LogP contribution is 2.31. The van der Waals surface area contributed by atoms with Crippen LogP contribution in [0, 0.1) is 0 Å². The molecule has 1 heterocycles. The fourth-order valence-corrected chi connectivity index (χ4v) is 3.15. The smallest absolute Gasteiger partial charge is 0.270 e. The van der Waals surface area contributed by atoms with E-state index in [4.69, 9.17) is 9.08 Å². The first-order chi connectivity index (χ1) is 7.37. The van der Waals surface area contributed by atoms with Crippen LogP contribution in [0.3, 0.4) is 0 Å². The van der Waals surface area contributed by atoms with Gasteiger partial charge in [0.15, 0.2) is 5.58 Å². The zero-order valence-electron chi connectivity index (χ0n) is 7.65. The number of hydrogen-bond acceptors (Lipinski definition) is 4. The Morgan fingerprint density at radius 2 is 2.06 bits per heavy atom. The maximum atomic E-state index is 10.8. The van der Waals surface area contributed by atoms with Crippen molar-refractivity contribution in [1.82, 2.24) is 5.16 Å². The average Bonchev–Trinajstić information content (AvgIpc) is 2.46. The number of aromatic nitrogens is 1. The second-order valence-corrected chi connectivity index (χ2v) is 6.34. The highest BCUT2D eigenvalue weighted by Gasteiger charge is 2.17. The fourth-order valence-electron chi connectivity index (χ4n) is 1.29. The molecule has 5 nitrogen and oxygen atoms in total. The molecule has 0 saturated carbocycles. The van der Waals surface area contributed by atoms with Gasteiger partial charge in [-0.15, -0.1) is 0 Å². The van der Waals surface area contributed by atoms with Crippen LogP contribution in [0.25, 0.3) is 11.0 Å². The molecule has 0 aliphatic carbocycles. The summed E-state index contributed by atoms with van der Waals surface area (Å²) in [5, 5.41) is 4.16. The molecule has 0 aliphatic heterocycles. The maximum Gasteiger partial charge on any atom is 0.270 e. The number of rotatable bonds is 2. The predicted molar refractivity (Wildman–Crippen MR) is 64.7 cm³/mol. The summed E-state index contributed by atoms with van der Waals surface area (Å²) in [6.07, 6.45) is 0. The molecule has 0 fully saturated rings. The van der Waals surface area contributed by atoms with Crippen molar-refractivity contribution in [3.8, 4) is 0 Å². The number of hydrogen-bond donors (Lipinski definition) is 1. The molecule has 8 heteroatoms. The highest BCUT2D eigenvalue weighted by molar-refractivity contribution is 9.11. The molecule has 2 aromatic rings. The number of benzene rings is 1. The summed E-state index contributed by atoms with van der Waals surface area (Å²) in [5.41, 5.74) is 0.626. The van der Waals surface area contributed by atoms with Crippen LogP contribution < -0.4 is 0 Å². The maximum absolute atomic E-state index is 10.8. The minimum absolute atomic E-state index is 0.180. The molecule has 2 rings (SSSR count). The van der Waals surface area contributed by atoms with Gasteiger partial charge in [0.05, 0.1) is 4.47 Å². The lowest BCUT2D eigenvalue weighted by Gasteiger charge is -1.95. The van der Waals surface area contributed by atoms with Gasteiger partial charge in [0, 0.05) is 9.86 Å². The van der Waals surface area contributed by atoms with Crippen molar-refractivity contribution in [1.29, 1.82) is 0 Å². The van der Waals surface area contributed by atoms with Crippen LogP contribution in [-0.4, -0.2) is 18.1 Å². The van der Waals surface area contributed by atoms with Gasteiger partial charge >= 0.3 is 0 Å². The molecule has 1 aromatic carbocycles. The molecule has 0 amide bonds. The van der Waals surface area contributed by atoms with Gasteiger partial charge in [0.1, 0.15) is 11.4 Å². The van der Waals surface area contributed by atoms with Crippen molar-refractivity contribution in [2.45, 2.75) is 5.75 Å². The molecular formula is C8H5Br2NO4S. The molecular weight excluding hydrogens is 366 g/mol. The molecule has 16 heavy (non-hydrogen) atoms. The number of fused-ring (bicyclic) bond motifs is 1. The Labute approximate surface area is 108 Å². The third-order valence-corrected chi connectivity index (χ3v) is 3.57. The number of halogens is 2. The van der Waals surface area contributed by atoms with Crippen molar-refractivity contribution < 1.29 is 17.5 Å². The van der Waals surface area contributed by atoms with Crippen molar-refractivity contribution in [3.63, 3.8) is 0 Å². The summed E-state index contributed by atoms with van der Waals surface area (Å²) < 4.78 is 36.7. The van der Waals surface area contributed by atoms with E-state index in [1.807, 2.05) is 0 Å².